The Hall–Kier alpha value is -5.61. The quantitative estimate of drug-likeness (QED) is 0.131. The molecule has 48 heavy (non-hydrogen) atoms. The van der Waals surface area contributed by atoms with Gasteiger partial charge in [0, 0.05) is 23.0 Å². The molecule has 0 radical (unpaired) electrons. The van der Waals surface area contributed by atoms with Crippen molar-refractivity contribution in [3.63, 3.8) is 0 Å². The topological polar surface area (TPSA) is 180 Å². The van der Waals surface area contributed by atoms with E-state index in [9.17, 15) is 23.2 Å². The molecule has 246 valence electrons. The Morgan fingerprint density at radius 1 is 0.979 bits per heavy atom. The number of urea groups is 1. The van der Waals surface area contributed by atoms with E-state index in [1.54, 1.807) is 17.0 Å². The molecular weight excluding hydrogens is 646 g/mol. The van der Waals surface area contributed by atoms with Crippen LogP contribution in [-0.4, -0.2) is 79.5 Å². The summed E-state index contributed by atoms with van der Waals surface area (Å²) in [7, 11) is -4.27. The summed E-state index contributed by atoms with van der Waals surface area (Å²) in [5.41, 5.74) is 3.51. The minimum atomic E-state index is -4.27. The molecule has 2 aromatic heterocycles. The zero-order chi connectivity index (χ0) is 33.0. The normalized spacial score (nSPS) is 18.4. The molecule has 16 heteroatoms. The van der Waals surface area contributed by atoms with Crippen LogP contribution in [0.3, 0.4) is 0 Å². The van der Waals surface area contributed by atoms with Gasteiger partial charge in [0.1, 0.15) is 18.7 Å². The van der Waals surface area contributed by atoms with Crippen LogP contribution in [0.25, 0.3) is 10.9 Å². The van der Waals surface area contributed by atoms with Crippen LogP contribution in [0.4, 0.5) is 4.79 Å². The molecule has 5 aromatic rings. The molecule has 1 N–H and O–H groups in total. The monoisotopic (exact) mass is 673 g/mol. The number of amides is 3. The lowest BCUT2D eigenvalue weighted by Gasteiger charge is -2.36. The van der Waals surface area contributed by atoms with Gasteiger partial charge in [-0.15, -0.1) is 0 Å². The van der Waals surface area contributed by atoms with Gasteiger partial charge in [-0.1, -0.05) is 42.5 Å². The zero-order valence-electron chi connectivity index (χ0n) is 25.1. The average Bonchev–Trinajstić information content (AvgIpc) is 3.87. The number of rotatable bonds is 10. The summed E-state index contributed by atoms with van der Waals surface area (Å²) >= 11 is 0. The maximum absolute atomic E-state index is 13.9. The lowest BCUT2D eigenvalue weighted by molar-refractivity contribution is -0.832. The van der Waals surface area contributed by atoms with Crippen molar-refractivity contribution in [3.8, 4) is 17.4 Å². The number of carbonyl (C=O) groups is 2. The van der Waals surface area contributed by atoms with Crippen LogP contribution in [-0.2, 0) is 25.8 Å². The summed E-state index contributed by atoms with van der Waals surface area (Å²) < 4.78 is 52.5. The van der Waals surface area contributed by atoms with Gasteiger partial charge in [0.2, 0.25) is 6.79 Å². The fourth-order valence-electron chi connectivity index (χ4n) is 6.46. The summed E-state index contributed by atoms with van der Waals surface area (Å²) in [6.07, 6.45) is 0.349. The summed E-state index contributed by atoms with van der Waals surface area (Å²) in [5.74, 6) is 0.335. The number of para-hydroxylation sites is 1. The van der Waals surface area contributed by atoms with Gasteiger partial charge >= 0.3 is 16.9 Å². The molecule has 0 bridgehead atoms. The number of nitrogens with one attached hydrogen (secondary N) is 1. The fourth-order valence-corrected chi connectivity index (χ4v) is 7.76. The summed E-state index contributed by atoms with van der Waals surface area (Å²) in [6.45, 7) is -0.176. The smallest absolute Gasteiger partial charge is 0.415 e. The lowest BCUT2D eigenvalue weighted by Crippen LogP contribution is -2.44. The minimum absolute atomic E-state index is 0.0140. The molecule has 3 aliphatic rings. The maximum Gasteiger partial charge on any atom is 0.415 e. The molecule has 1 fully saturated rings. The van der Waals surface area contributed by atoms with E-state index < -0.39 is 38.9 Å². The van der Waals surface area contributed by atoms with E-state index in [0.29, 0.717) is 17.9 Å². The molecule has 0 spiro atoms. The van der Waals surface area contributed by atoms with Crippen LogP contribution in [0.1, 0.15) is 22.9 Å². The van der Waals surface area contributed by atoms with Gasteiger partial charge in [-0.25, -0.2) is 13.2 Å². The van der Waals surface area contributed by atoms with Gasteiger partial charge in [-0.2, -0.15) is 0 Å². The van der Waals surface area contributed by atoms with E-state index in [1.165, 1.54) is 29.2 Å². The standard InChI is InChI=1S/C32H27N5O10S/c38-30-24-17-22-21-8-4-5-9-23(21)33-27(22)28(19-10-11-25-26(16-19)46-18-45-25)36(24)32(39)35(30)12-13-43-14-15-44-29-31(37(40)47-34-29)48(41,42)20-6-2-1-3-7-20/h1-11,16,24,28,33H,12-15,17-18H2/t24-,28+/m0/s1. The van der Waals surface area contributed by atoms with Crippen molar-refractivity contribution in [1.82, 2.24) is 19.9 Å². The minimum Gasteiger partial charge on any atom is -0.454 e. The third-order valence-electron chi connectivity index (χ3n) is 8.63. The second-order valence-corrected chi connectivity index (χ2v) is 13.2. The number of aromatic nitrogens is 3. The first kappa shape index (κ1) is 29.8. The van der Waals surface area contributed by atoms with Crippen molar-refractivity contribution in [2.24, 2.45) is 0 Å². The highest BCUT2D eigenvalue weighted by Crippen LogP contribution is 2.46. The number of aromatic amines is 1. The number of hydrogen-bond acceptors (Lipinski definition) is 11. The number of carbonyl (C=O) groups excluding carboxylic acids is 2. The second kappa shape index (κ2) is 11.6. The number of benzene rings is 3. The van der Waals surface area contributed by atoms with Gasteiger partial charge < -0.3 is 29.1 Å². The molecule has 15 nitrogen and oxygen atoms in total. The van der Waals surface area contributed by atoms with Gasteiger partial charge in [0.05, 0.1) is 29.8 Å². The Morgan fingerprint density at radius 2 is 1.77 bits per heavy atom. The van der Waals surface area contributed by atoms with Crippen molar-refractivity contribution >= 4 is 32.7 Å². The first-order valence-corrected chi connectivity index (χ1v) is 16.5. The second-order valence-electron chi connectivity index (χ2n) is 11.3. The maximum atomic E-state index is 13.9. The Balaban J connectivity index is 0.956. The van der Waals surface area contributed by atoms with Gasteiger partial charge in [-0.05, 0) is 46.4 Å². The van der Waals surface area contributed by atoms with Gasteiger partial charge in [0.25, 0.3) is 15.7 Å². The van der Waals surface area contributed by atoms with Crippen LogP contribution in [0.15, 0.2) is 87.3 Å². The third kappa shape index (κ3) is 4.79. The van der Waals surface area contributed by atoms with Crippen molar-refractivity contribution in [2.45, 2.75) is 28.4 Å². The van der Waals surface area contributed by atoms with Gasteiger partial charge in [-0.3, -0.25) is 19.2 Å². The van der Waals surface area contributed by atoms with E-state index >= 15 is 0 Å². The number of nitrogens with zero attached hydrogens (tertiary/aromatic N) is 4. The molecule has 5 heterocycles. The van der Waals surface area contributed by atoms with E-state index in [0.717, 1.165) is 27.7 Å². The van der Waals surface area contributed by atoms with E-state index in [-0.39, 0.29) is 48.9 Å². The molecule has 3 aromatic carbocycles. The SMILES string of the molecule is O=C1[C@@H]2Cc3c([nH]c4ccccc34)[C@@H](c3ccc4c(c3)OCO4)N2C(=O)N1CCOCCOc1no[n+]([O-])c1S(=O)(=O)c1ccccc1. The van der Waals surface area contributed by atoms with Crippen LogP contribution in [0.5, 0.6) is 17.4 Å². The molecule has 2 atom stereocenters. The summed E-state index contributed by atoms with van der Waals surface area (Å²) in [6, 6.07) is 18.9. The number of fused-ring (bicyclic) bond motifs is 5. The highest BCUT2D eigenvalue weighted by atomic mass is 32.2. The van der Waals surface area contributed by atoms with Crippen LogP contribution >= 0.6 is 0 Å². The van der Waals surface area contributed by atoms with E-state index in [4.69, 9.17) is 18.9 Å². The van der Waals surface area contributed by atoms with Crippen molar-refractivity contribution < 1.29 is 46.5 Å². The van der Waals surface area contributed by atoms with Crippen LogP contribution in [0, 0.1) is 5.21 Å². The first-order valence-electron chi connectivity index (χ1n) is 15.1. The zero-order valence-corrected chi connectivity index (χ0v) is 25.9. The first-order chi connectivity index (χ1) is 23.3. The Bertz CT molecular complexity index is 2170. The number of H-pyrrole nitrogens is 1. The van der Waals surface area contributed by atoms with Crippen molar-refractivity contribution in [2.75, 3.05) is 33.2 Å². The lowest BCUT2D eigenvalue weighted by atomic mass is 9.88. The summed E-state index contributed by atoms with van der Waals surface area (Å²) in [4.78, 5) is 33.6. The van der Waals surface area contributed by atoms with Crippen LogP contribution < -0.4 is 19.1 Å². The highest BCUT2D eigenvalue weighted by molar-refractivity contribution is 7.91. The Morgan fingerprint density at radius 3 is 2.62 bits per heavy atom. The fraction of sp³-hybridized carbons (Fsp3) is 0.250. The Kier molecular flexibility index (Phi) is 7.18. The number of hydrogen-bond donors (Lipinski definition) is 1. The van der Waals surface area contributed by atoms with Crippen molar-refractivity contribution in [1.29, 1.82) is 0 Å². The predicted octanol–water partition coefficient (Wildman–Crippen LogP) is 2.72. The average molecular weight is 674 g/mol. The molecule has 0 unspecified atom stereocenters. The Labute approximate surface area is 272 Å². The molecular formula is C32H27N5O10S. The molecule has 0 saturated carbocycles. The van der Waals surface area contributed by atoms with Crippen molar-refractivity contribution in [3.05, 3.63) is 94.8 Å². The highest BCUT2D eigenvalue weighted by Gasteiger charge is 2.52. The summed E-state index contributed by atoms with van der Waals surface area (Å²) in [5, 5.41) is 15.7. The number of sulfone groups is 1. The molecule has 3 aliphatic heterocycles. The number of imide groups is 1. The predicted molar refractivity (Wildman–Crippen MR) is 163 cm³/mol. The van der Waals surface area contributed by atoms with Crippen LogP contribution in [0.2, 0.25) is 0 Å². The molecule has 8 rings (SSSR count). The van der Waals surface area contributed by atoms with E-state index in [2.05, 4.69) is 14.8 Å². The number of ether oxygens (including phenoxy) is 4. The molecule has 0 aliphatic carbocycles. The largest absolute Gasteiger partial charge is 0.454 e. The molecule has 3 amide bonds. The third-order valence-corrected chi connectivity index (χ3v) is 10.4. The van der Waals surface area contributed by atoms with E-state index in [1.807, 2.05) is 36.4 Å². The molecule has 1 saturated heterocycles. The van der Waals surface area contributed by atoms with Gasteiger partial charge in [0.15, 0.2) is 11.5 Å².